The van der Waals surface area contributed by atoms with E-state index < -0.39 is 35.2 Å². The van der Waals surface area contributed by atoms with Gasteiger partial charge in [-0.05, 0) is 11.6 Å². The highest BCUT2D eigenvalue weighted by Gasteiger charge is 2.54. The number of carboxylic acids is 1. The van der Waals surface area contributed by atoms with Gasteiger partial charge >= 0.3 is 11.9 Å². The van der Waals surface area contributed by atoms with Crippen LogP contribution in [0.15, 0.2) is 33.5 Å². The van der Waals surface area contributed by atoms with Crippen molar-refractivity contribution in [2.45, 2.75) is 17.8 Å². The second-order valence-electron chi connectivity index (χ2n) is 6.79. The third-order valence-electron chi connectivity index (χ3n) is 4.86. The zero-order valence-electron chi connectivity index (χ0n) is 16.6. The Balaban J connectivity index is 1.55. The first kappa shape index (κ1) is 21.8. The number of thiazole rings is 1. The Hall–Kier alpha value is -3.39. The van der Waals surface area contributed by atoms with Gasteiger partial charge in [-0.1, -0.05) is 5.16 Å². The molecule has 4 N–H and O–H groups in total. The van der Waals surface area contributed by atoms with Gasteiger partial charge in [0.25, 0.3) is 11.8 Å². The molecule has 32 heavy (non-hydrogen) atoms. The van der Waals surface area contributed by atoms with Crippen LogP contribution in [0.5, 0.6) is 0 Å². The van der Waals surface area contributed by atoms with E-state index in [1.54, 1.807) is 0 Å². The number of carbonyl (C=O) groups excluding carboxylic acids is 3. The zero-order chi connectivity index (χ0) is 23.0. The average molecular weight is 479 g/mol. The monoisotopic (exact) mass is 479 g/mol. The van der Waals surface area contributed by atoms with Gasteiger partial charge in [-0.3, -0.25) is 14.5 Å². The number of ether oxygens (including phenoxy) is 1. The second-order valence-corrected chi connectivity index (χ2v) is 8.78. The number of β-lactam (4-membered cyclic amide) rings is 1. The normalized spacial score (nSPS) is 24.2. The van der Waals surface area contributed by atoms with Crippen LogP contribution in [0.25, 0.3) is 0 Å². The number of nitrogens with two attached hydrogens (primary N) is 1. The Kier molecular flexibility index (Phi) is 5.88. The van der Waals surface area contributed by atoms with Crippen LogP contribution < -0.4 is 11.1 Å². The highest BCUT2D eigenvalue weighted by Crippen LogP contribution is 2.41. The predicted molar refractivity (Wildman–Crippen MR) is 113 cm³/mol. The molecule has 4 heterocycles. The molecule has 0 saturated carbocycles. The number of anilines is 1. The van der Waals surface area contributed by atoms with E-state index in [4.69, 9.17) is 15.3 Å². The number of carbonyl (C=O) groups is 4. The van der Waals surface area contributed by atoms with Crippen molar-refractivity contribution in [2.24, 2.45) is 5.16 Å². The topological polar surface area (TPSA) is 174 Å². The first-order valence-electron chi connectivity index (χ1n) is 9.24. The summed E-state index contributed by atoms with van der Waals surface area (Å²) in [5, 5.41) is 17.1. The van der Waals surface area contributed by atoms with Crippen LogP contribution in [0, 0.1) is 0 Å². The molecule has 2 saturated heterocycles. The van der Waals surface area contributed by atoms with Crippen LogP contribution in [-0.4, -0.2) is 75.3 Å². The van der Waals surface area contributed by atoms with E-state index >= 15 is 0 Å². The molecule has 168 valence electrons. The van der Waals surface area contributed by atoms with Gasteiger partial charge in [0.05, 0.1) is 6.61 Å². The number of thioether (sulfide) groups is 1. The molecule has 0 aliphatic carbocycles. The Labute approximate surface area is 189 Å². The lowest BCUT2D eigenvalue weighted by Gasteiger charge is -2.49. The minimum absolute atomic E-state index is 0.160. The highest BCUT2D eigenvalue weighted by atomic mass is 32.2. The van der Waals surface area contributed by atoms with Crippen molar-refractivity contribution in [3.63, 3.8) is 0 Å². The molecular weight excluding hydrogens is 462 g/mol. The minimum atomic E-state index is -1.30. The lowest BCUT2D eigenvalue weighted by molar-refractivity contribution is -0.150. The van der Waals surface area contributed by atoms with E-state index in [9.17, 15) is 24.3 Å². The third kappa shape index (κ3) is 3.82. The molecule has 0 bridgehead atoms. The van der Waals surface area contributed by atoms with Gasteiger partial charge in [0.2, 0.25) is 0 Å². The summed E-state index contributed by atoms with van der Waals surface area (Å²) in [5.41, 5.74) is 6.12. The van der Waals surface area contributed by atoms with E-state index in [0.29, 0.717) is 17.6 Å². The highest BCUT2D eigenvalue weighted by molar-refractivity contribution is 8.00. The van der Waals surface area contributed by atoms with Gasteiger partial charge in [0.15, 0.2) is 10.8 Å². The van der Waals surface area contributed by atoms with Gasteiger partial charge < -0.3 is 25.7 Å². The van der Waals surface area contributed by atoms with Crippen molar-refractivity contribution in [2.75, 3.05) is 25.2 Å². The molecule has 12 nitrogen and oxygen atoms in total. The Morgan fingerprint density at radius 3 is 2.84 bits per heavy atom. The van der Waals surface area contributed by atoms with E-state index in [1.807, 2.05) is 0 Å². The molecule has 3 aliphatic heterocycles. The lowest BCUT2D eigenvalue weighted by atomic mass is 10.0. The van der Waals surface area contributed by atoms with Crippen LogP contribution in [0.4, 0.5) is 5.13 Å². The number of oxime groups is 1. The number of hydrogen-bond donors (Lipinski definition) is 3. The molecule has 1 aromatic heterocycles. The number of fused-ring (bicyclic) bond motifs is 1. The van der Waals surface area contributed by atoms with E-state index in [0.717, 1.165) is 16.2 Å². The largest absolute Gasteiger partial charge is 0.477 e. The van der Waals surface area contributed by atoms with Crippen LogP contribution in [0.2, 0.25) is 0 Å². The number of aromatic nitrogens is 1. The first-order valence-corrected chi connectivity index (χ1v) is 11.2. The second kappa shape index (κ2) is 8.63. The van der Waals surface area contributed by atoms with Crippen LogP contribution in [-0.2, 0) is 28.8 Å². The summed E-state index contributed by atoms with van der Waals surface area (Å²) in [5.74, 6) is -2.86. The van der Waals surface area contributed by atoms with Crippen molar-refractivity contribution in [3.8, 4) is 0 Å². The van der Waals surface area contributed by atoms with Crippen LogP contribution >= 0.6 is 23.1 Å². The minimum Gasteiger partial charge on any atom is -0.477 e. The molecular formula is C18H17N5O7S2. The molecule has 0 unspecified atom stereocenters. The molecule has 2 fully saturated rings. The zero-order valence-corrected chi connectivity index (χ0v) is 18.2. The molecule has 14 heteroatoms. The predicted octanol–water partition coefficient (Wildman–Crippen LogP) is -0.312. The van der Waals surface area contributed by atoms with Gasteiger partial charge in [0, 0.05) is 23.1 Å². The van der Waals surface area contributed by atoms with E-state index in [-0.39, 0.29) is 34.6 Å². The molecule has 2 atom stereocenters. The number of nitrogen functional groups attached to an aromatic ring is 1. The number of carboxylic acid groups (broad SMARTS) is 1. The summed E-state index contributed by atoms with van der Waals surface area (Å²) in [6, 6.07) is -0.967. The molecule has 3 aliphatic rings. The summed E-state index contributed by atoms with van der Waals surface area (Å²) in [6.45, 7) is 0.239. The molecule has 1 aromatic rings. The summed E-state index contributed by atoms with van der Waals surface area (Å²) in [4.78, 5) is 59.0. The molecule has 0 radical (unpaired) electrons. The van der Waals surface area contributed by atoms with Crippen LogP contribution in [0.3, 0.4) is 0 Å². The number of rotatable bonds is 6. The summed E-state index contributed by atoms with van der Waals surface area (Å²) in [6.07, 6.45) is 1.84. The van der Waals surface area contributed by atoms with Crippen molar-refractivity contribution in [3.05, 3.63) is 34.0 Å². The standard InChI is InChI=1S/C18H17N5O7S2/c1-29-22-10(9-6-32-18(19)20-9)13(24)21-11-14(25)23-12(16(26)27)8(5-31-15(11)23)4-7-2-3-30-17(7)28/h4,6,11,15H,2-3,5H2,1H3,(H2,19,20)(H,21,24)(H,26,27)/b7-4+,22-10-/t11-,15+/m1/s1. The van der Waals surface area contributed by atoms with Gasteiger partial charge in [0.1, 0.15) is 29.9 Å². The van der Waals surface area contributed by atoms with Gasteiger partial charge in [-0.2, -0.15) is 0 Å². The maximum atomic E-state index is 12.8. The van der Waals surface area contributed by atoms with Gasteiger partial charge in [-0.15, -0.1) is 23.1 Å². The molecule has 2 amide bonds. The number of nitrogens with zero attached hydrogens (tertiary/aromatic N) is 3. The fourth-order valence-corrected chi connectivity index (χ4v) is 5.30. The Morgan fingerprint density at radius 1 is 1.47 bits per heavy atom. The number of cyclic esters (lactones) is 1. The Morgan fingerprint density at radius 2 is 2.25 bits per heavy atom. The van der Waals surface area contributed by atoms with Crippen molar-refractivity contribution >= 4 is 57.7 Å². The SMILES string of the molecule is CO/N=C(\C(=O)N[C@@H]1C(=O)N2C(C(=O)O)=C(/C=C3\CCOC3=O)CS[C@@H]12)c1csc(N)n1. The number of hydrogen-bond acceptors (Lipinski definition) is 11. The first-order chi connectivity index (χ1) is 15.3. The molecule has 0 spiro atoms. The molecule has 4 rings (SSSR count). The number of aliphatic carboxylic acids is 1. The summed E-state index contributed by atoms with van der Waals surface area (Å²) < 4.78 is 4.88. The number of amides is 2. The Bertz CT molecular complexity index is 1110. The van der Waals surface area contributed by atoms with Crippen molar-refractivity contribution in [1.82, 2.24) is 15.2 Å². The van der Waals surface area contributed by atoms with Gasteiger partial charge in [-0.25, -0.2) is 14.6 Å². The van der Waals surface area contributed by atoms with Crippen molar-refractivity contribution in [1.29, 1.82) is 0 Å². The van der Waals surface area contributed by atoms with E-state index in [1.165, 1.54) is 30.3 Å². The fourth-order valence-electron chi connectivity index (χ4n) is 3.45. The fraction of sp³-hybridized carbons (Fsp3) is 0.333. The van der Waals surface area contributed by atoms with Crippen LogP contribution in [0.1, 0.15) is 12.1 Å². The number of esters is 1. The smallest absolute Gasteiger partial charge is 0.352 e. The van der Waals surface area contributed by atoms with E-state index in [2.05, 4.69) is 15.5 Å². The summed E-state index contributed by atoms with van der Waals surface area (Å²) >= 11 is 2.38. The maximum absolute atomic E-state index is 12.8. The molecule has 0 aromatic carbocycles. The maximum Gasteiger partial charge on any atom is 0.352 e. The summed E-state index contributed by atoms with van der Waals surface area (Å²) in [7, 11) is 1.26. The lowest BCUT2D eigenvalue weighted by Crippen LogP contribution is -2.71. The average Bonchev–Trinajstić information content (AvgIpc) is 3.37. The third-order valence-corrected chi connectivity index (χ3v) is 6.84. The quantitative estimate of drug-likeness (QED) is 0.161. The number of allylic oxidation sites excluding steroid dienone is 1. The number of nitrogens with one attached hydrogen (secondary N) is 1. The van der Waals surface area contributed by atoms with Crippen molar-refractivity contribution < 1.29 is 33.9 Å².